The van der Waals surface area contributed by atoms with E-state index in [-0.39, 0.29) is 11.5 Å². The van der Waals surface area contributed by atoms with E-state index in [1.807, 2.05) is 76.7 Å². The van der Waals surface area contributed by atoms with Crippen molar-refractivity contribution in [3.8, 4) is 6.07 Å². The van der Waals surface area contributed by atoms with Gasteiger partial charge in [0.05, 0.1) is 29.5 Å². The molecule has 44 heavy (non-hydrogen) atoms. The summed E-state index contributed by atoms with van der Waals surface area (Å²) < 4.78 is 2.11. The van der Waals surface area contributed by atoms with Crippen LogP contribution < -0.4 is 4.90 Å². The van der Waals surface area contributed by atoms with Gasteiger partial charge < -0.3 is 10.0 Å². The molecular formula is C39H29N4O+. The molecule has 210 valence electrons. The second kappa shape index (κ2) is 10.1. The Balaban J connectivity index is 1.68. The highest BCUT2D eigenvalue weighted by molar-refractivity contribution is 6.25. The Morgan fingerprint density at radius 3 is 1.59 bits per heavy atom. The number of allylic oxidation sites excluding steroid dienone is 3. The summed E-state index contributed by atoms with van der Waals surface area (Å²) in [7, 11) is 8.13. The van der Waals surface area contributed by atoms with Gasteiger partial charge in [-0.2, -0.15) is 0 Å². The van der Waals surface area contributed by atoms with E-state index in [9.17, 15) is 10.4 Å². The molecule has 7 rings (SSSR count). The summed E-state index contributed by atoms with van der Waals surface area (Å²) in [6, 6.07) is 34.8. The normalized spacial score (nSPS) is 14.9. The molecule has 2 aliphatic rings. The Morgan fingerprint density at radius 2 is 1.16 bits per heavy atom. The molecule has 0 atom stereocenters. The molecule has 0 bridgehead atoms. The fourth-order valence-electron chi connectivity index (χ4n) is 7.00. The lowest BCUT2D eigenvalue weighted by atomic mass is 9.69. The molecule has 5 aromatic rings. The molecule has 0 aliphatic heterocycles. The molecule has 0 saturated heterocycles. The highest BCUT2D eigenvalue weighted by atomic mass is 16.3. The minimum Gasteiger partial charge on any atom is -0.507 e. The van der Waals surface area contributed by atoms with Gasteiger partial charge in [-0.1, -0.05) is 84.9 Å². The van der Waals surface area contributed by atoms with Crippen LogP contribution in [0.4, 0.5) is 5.69 Å². The Morgan fingerprint density at radius 1 is 0.705 bits per heavy atom. The van der Waals surface area contributed by atoms with Crippen LogP contribution in [0.25, 0.3) is 37.5 Å². The van der Waals surface area contributed by atoms with Crippen LogP contribution in [0.1, 0.15) is 27.8 Å². The van der Waals surface area contributed by atoms with Gasteiger partial charge in [0.15, 0.2) is 0 Å². The zero-order valence-electron chi connectivity index (χ0n) is 25.0. The van der Waals surface area contributed by atoms with Gasteiger partial charge in [-0.3, -0.25) is 0 Å². The highest BCUT2D eigenvalue weighted by Gasteiger charge is 2.41. The smallest absolute Gasteiger partial charge is 0.270 e. The molecular weight excluding hydrogens is 540 g/mol. The van der Waals surface area contributed by atoms with E-state index >= 15 is 0 Å². The van der Waals surface area contributed by atoms with E-state index < -0.39 is 0 Å². The number of hydrogen-bond acceptors (Lipinski definition) is 3. The minimum atomic E-state index is -0.0394. The molecule has 0 saturated carbocycles. The molecule has 5 nitrogen and oxygen atoms in total. The third-order valence-electron chi connectivity index (χ3n) is 8.63. The van der Waals surface area contributed by atoms with E-state index in [0.29, 0.717) is 16.7 Å². The van der Waals surface area contributed by atoms with Gasteiger partial charge in [-0.25, -0.2) is 14.7 Å². The third-order valence-corrected chi connectivity index (χ3v) is 8.63. The zero-order valence-corrected chi connectivity index (χ0v) is 25.0. The quantitative estimate of drug-likeness (QED) is 0.0996. The molecule has 0 amide bonds. The predicted octanol–water partition coefficient (Wildman–Crippen LogP) is 7.96. The third kappa shape index (κ3) is 3.67. The van der Waals surface area contributed by atoms with Gasteiger partial charge in [-0.05, 0) is 34.0 Å². The van der Waals surface area contributed by atoms with Gasteiger partial charge in [0.25, 0.3) is 5.70 Å². The van der Waals surface area contributed by atoms with Crippen molar-refractivity contribution in [3.05, 3.63) is 159 Å². The van der Waals surface area contributed by atoms with E-state index in [1.165, 1.54) is 0 Å². The summed E-state index contributed by atoms with van der Waals surface area (Å²) in [6.45, 7) is 8.04. The first-order chi connectivity index (χ1) is 21.4. The summed E-state index contributed by atoms with van der Waals surface area (Å²) in [6.07, 6.45) is 0. The average Bonchev–Trinajstić information content (AvgIpc) is 3.04. The first kappa shape index (κ1) is 27.0. The number of benzene rings is 5. The first-order valence-electron chi connectivity index (χ1n) is 14.4. The van der Waals surface area contributed by atoms with Crippen molar-refractivity contribution in [2.75, 3.05) is 33.1 Å². The lowest BCUT2D eigenvalue weighted by Crippen LogP contribution is -2.25. The maximum absolute atomic E-state index is 12.3. The van der Waals surface area contributed by atoms with Crippen LogP contribution in [0.3, 0.4) is 0 Å². The molecule has 0 radical (unpaired) electrons. The van der Waals surface area contributed by atoms with Crippen molar-refractivity contribution in [1.82, 2.24) is 0 Å². The number of rotatable bonds is 2. The highest BCUT2D eigenvalue weighted by Crippen LogP contribution is 2.56. The lowest BCUT2D eigenvalue weighted by Gasteiger charge is -2.34. The maximum atomic E-state index is 12.3. The number of hydrogen-bond donors (Lipinski definition) is 1. The molecule has 2 aliphatic carbocycles. The van der Waals surface area contributed by atoms with Crippen molar-refractivity contribution < 1.29 is 9.68 Å². The molecule has 5 heteroatoms. The van der Waals surface area contributed by atoms with Crippen molar-refractivity contribution in [2.24, 2.45) is 0 Å². The second-order valence-corrected chi connectivity index (χ2v) is 11.5. The standard InChI is InChI=1S/C39H28N4O/c1-41-31(22-40)34-35(32-23-14-6-10-18-27(23)37(42(2)3)28-19-11-7-15-24(28)32)39(44)36(34)33-25-16-8-12-20-29(25)38(43(4)5)30-21-13-9-17-26(30)33/h6-21H,2-5H3/p+1. The van der Waals surface area contributed by atoms with E-state index in [2.05, 4.69) is 68.9 Å². The molecule has 0 aromatic heterocycles. The lowest BCUT2D eigenvalue weighted by molar-refractivity contribution is -0.463. The van der Waals surface area contributed by atoms with Gasteiger partial charge >= 0.3 is 0 Å². The molecule has 5 aromatic carbocycles. The molecule has 0 spiro atoms. The number of fused-ring (bicyclic) bond motifs is 4. The van der Waals surface area contributed by atoms with Crippen LogP contribution in [0.5, 0.6) is 0 Å². The van der Waals surface area contributed by atoms with Crippen LogP contribution in [-0.4, -0.2) is 43.6 Å². The van der Waals surface area contributed by atoms with Crippen LogP contribution in [0.2, 0.25) is 0 Å². The number of anilines is 1. The second-order valence-electron chi connectivity index (χ2n) is 11.5. The summed E-state index contributed by atoms with van der Waals surface area (Å²) in [5.74, 6) is 0.0946. The molecule has 0 unspecified atom stereocenters. The largest absolute Gasteiger partial charge is 0.507 e. The van der Waals surface area contributed by atoms with Crippen LogP contribution in [0, 0.1) is 17.9 Å². The van der Waals surface area contributed by atoms with Crippen molar-refractivity contribution >= 4 is 44.1 Å². The van der Waals surface area contributed by atoms with E-state index in [1.54, 1.807) is 0 Å². The van der Waals surface area contributed by atoms with Gasteiger partial charge in [0.1, 0.15) is 19.9 Å². The summed E-state index contributed by atoms with van der Waals surface area (Å²) in [4.78, 5) is 5.83. The Bertz CT molecular complexity index is 2170. The molecule has 0 heterocycles. The number of aliphatic hydroxyl groups excluding tert-OH is 1. The Kier molecular flexibility index (Phi) is 6.20. The number of aliphatic hydroxyl groups is 1. The van der Waals surface area contributed by atoms with Crippen molar-refractivity contribution in [3.63, 3.8) is 0 Å². The van der Waals surface area contributed by atoms with E-state index in [0.717, 1.165) is 66.3 Å². The SMILES string of the molecule is [C-]#[N+]C(C#N)=C1C(=C2c3ccccc3C(=[N+](C)C)c3ccccc32)C(O)=C1c1c2ccccc2c(N(C)C)c2ccccc12. The van der Waals surface area contributed by atoms with Gasteiger partial charge in [0.2, 0.25) is 5.71 Å². The van der Waals surface area contributed by atoms with Crippen molar-refractivity contribution in [1.29, 1.82) is 5.26 Å². The zero-order chi connectivity index (χ0) is 30.7. The summed E-state index contributed by atoms with van der Waals surface area (Å²) in [5.41, 5.74) is 9.31. The number of nitrogens with zero attached hydrogens (tertiary/aromatic N) is 4. The Labute approximate surface area is 256 Å². The monoisotopic (exact) mass is 569 g/mol. The first-order valence-corrected chi connectivity index (χ1v) is 14.4. The summed E-state index contributed by atoms with van der Waals surface area (Å²) >= 11 is 0. The fraction of sp³-hybridized carbons (Fsp3) is 0.103. The van der Waals surface area contributed by atoms with Crippen molar-refractivity contribution in [2.45, 2.75) is 0 Å². The van der Waals surface area contributed by atoms with Crippen LogP contribution in [0.15, 0.2) is 120 Å². The van der Waals surface area contributed by atoms with Crippen LogP contribution >= 0.6 is 0 Å². The van der Waals surface area contributed by atoms with Gasteiger partial charge in [-0.15, -0.1) is 0 Å². The van der Waals surface area contributed by atoms with Crippen LogP contribution in [-0.2, 0) is 0 Å². The fourth-order valence-corrected chi connectivity index (χ4v) is 7.00. The minimum absolute atomic E-state index is 0.0394. The Hall–Kier alpha value is -5.91. The maximum Gasteiger partial charge on any atom is 0.270 e. The topological polar surface area (TPSA) is 54.6 Å². The molecule has 1 N–H and O–H groups in total. The predicted molar refractivity (Wildman–Crippen MR) is 179 cm³/mol. The number of nitriles is 1. The molecule has 0 fully saturated rings. The average molecular weight is 570 g/mol. The summed E-state index contributed by atoms with van der Waals surface area (Å²) in [5, 5.41) is 26.5. The van der Waals surface area contributed by atoms with Gasteiger partial charge in [0, 0.05) is 52.7 Å². The van der Waals surface area contributed by atoms with E-state index in [4.69, 9.17) is 6.57 Å².